The highest BCUT2D eigenvalue weighted by Gasteiger charge is 2.32. The maximum Gasteiger partial charge on any atom is 0.475 e. The Morgan fingerprint density at radius 2 is 1.81 bits per heavy atom. The van der Waals surface area contributed by atoms with Crippen LogP contribution in [0, 0.1) is 5.92 Å². The summed E-state index contributed by atoms with van der Waals surface area (Å²) in [6.45, 7) is 0. The Hall–Kier alpha value is -2.78. The number of rotatable bonds is 9. The third kappa shape index (κ3) is 7.15. The summed E-state index contributed by atoms with van der Waals surface area (Å²) in [5, 5.41) is 25.2. The fraction of sp³-hybridized carbons (Fsp3) is 0.455. The van der Waals surface area contributed by atoms with Crippen LogP contribution in [0.3, 0.4) is 0 Å². The Bertz CT molecular complexity index is 832. The van der Waals surface area contributed by atoms with Gasteiger partial charge in [-0.25, -0.2) is 4.98 Å². The van der Waals surface area contributed by atoms with Gasteiger partial charge in [-0.15, -0.1) is 0 Å². The molecule has 4 N–H and O–H groups in total. The van der Waals surface area contributed by atoms with E-state index in [2.05, 4.69) is 20.6 Å². The molecule has 0 aliphatic heterocycles. The summed E-state index contributed by atoms with van der Waals surface area (Å²) in [5.74, 6) is -1.42. The van der Waals surface area contributed by atoms with Crippen molar-refractivity contribution in [1.29, 1.82) is 0 Å². The van der Waals surface area contributed by atoms with Crippen LogP contribution in [0.15, 0.2) is 48.9 Å². The molecule has 0 saturated heterocycles. The van der Waals surface area contributed by atoms with Gasteiger partial charge in [-0.1, -0.05) is 62.4 Å². The van der Waals surface area contributed by atoms with Gasteiger partial charge in [-0.3, -0.25) is 14.6 Å². The zero-order chi connectivity index (χ0) is 22.1. The molecule has 0 unspecified atom stereocenters. The first-order valence-electron chi connectivity index (χ1n) is 10.8. The van der Waals surface area contributed by atoms with Crippen LogP contribution in [0.2, 0.25) is 0 Å². The van der Waals surface area contributed by atoms with Gasteiger partial charge in [0.05, 0.1) is 12.1 Å². The van der Waals surface area contributed by atoms with Gasteiger partial charge in [0.15, 0.2) is 0 Å². The van der Waals surface area contributed by atoms with E-state index < -0.39 is 30.9 Å². The molecule has 2 atom stereocenters. The molecule has 3 rings (SSSR count). The first kappa shape index (κ1) is 22.9. The number of aromatic nitrogens is 2. The molecule has 8 nitrogen and oxygen atoms in total. The third-order valence-corrected chi connectivity index (χ3v) is 5.70. The molecule has 1 saturated carbocycles. The zero-order valence-corrected chi connectivity index (χ0v) is 17.5. The zero-order valence-electron chi connectivity index (χ0n) is 17.5. The van der Waals surface area contributed by atoms with Crippen molar-refractivity contribution in [1.82, 2.24) is 20.6 Å². The molecule has 1 heterocycles. The quantitative estimate of drug-likeness (QED) is 0.450. The van der Waals surface area contributed by atoms with Crippen LogP contribution < -0.4 is 10.6 Å². The monoisotopic (exact) mass is 424 g/mol. The standard InChI is InChI=1S/C22H29BN4O4/c28-21(27-20(23(30)31)14-17-9-5-2-6-10-17)18(13-16-7-3-1-4-8-16)26-22(29)19-15-24-11-12-25-19/h1,3-4,7-8,11-12,15,17-18,20,30-31H,2,5-6,9-10,13-14H2,(H,26,29)(H,27,28)/t18-,20+/m1/s1. The number of carbonyl (C=O) groups is 2. The summed E-state index contributed by atoms with van der Waals surface area (Å²) >= 11 is 0. The van der Waals surface area contributed by atoms with Crippen LogP contribution in [-0.2, 0) is 11.2 Å². The molecule has 2 amide bonds. The molecule has 0 bridgehead atoms. The second-order valence-electron chi connectivity index (χ2n) is 8.07. The average Bonchev–Trinajstić information content (AvgIpc) is 2.80. The van der Waals surface area contributed by atoms with Crippen LogP contribution in [0.25, 0.3) is 0 Å². The Kier molecular flexibility index (Phi) is 8.55. The minimum Gasteiger partial charge on any atom is -0.426 e. The van der Waals surface area contributed by atoms with E-state index in [9.17, 15) is 19.6 Å². The van der Waals surface area contributed by atoms with Gasteiger partial charge in [0.2, 0.25) is 5.91 Å². The van der Waals surface area contributed by atoms with E-state index in [0.717, 1.165) is 31.2 Å². The highest BCUT2D eigenvalue weighted by molar-refractivity contribution is 6.43. The molecule has 164 valence electrons. The normalized spacial score (nSPS) is 16.2. The minimum absolute atomic E-state index is 0.106. The van der Waals surface area contributed by atoms with Gasteiger partial charge < -0.3 is 20.7 Å². The fourth-order valence-electron chi connectivity index (χ4n) is 4.03. The van der Waals surface area contributed by atoms with Crippen molar-refractivity contribution in [2.45, 2.75) is 56.9 Å². The fourth-order valence-corrected chi connectivity index (χ4v) is 4.03. The lowest BCUT2D eigenvalue weighted by Crippen LogP contribution is -2.55. The second-order valence-corrected chi connectivity index (χ2v) is 8.07. The van der Waals surface area contributed by atoms with Gasteiger partial charge in [0.1, 0.15) is 11.7 Å². The number of amides is 2. The van der Waals surface area contributed by atoms with Gasteiger partial charge >= 0.3 is 7.12 Å². The Morgan fingerprint density at radius 1 is 1.06 bits per heavy atom. The molecule has 31 heavy (non-hydrogen) atoms. The van der Waals surface area contributed by atoms with Crippen molar-refractivity contribution in [2.24, 2.45) is 5.92 Å². The maximum atomic E-state index is 13.1. The molecule has 1 fully saturated rings. The van der Waals surface area contributed by atoms with E-state index in [-0.39, 0.29) is 12.1 Å². The molecule has 1 aromatic carbocycles. The van der Waals surface area contributed by atoms with Crippen molar-refractivity contribution in [3.05, 3.63) is 60.2 Å². The molecule has 9 heteroatoms. The smallest absolute Gasteiger partial charge is 0.426 e. The average molecular weight is 424 g/mol. The van der Waals surface area contributed by atoms with E-state index in [1.165, 1.54) is 25.0 Å². The van der Waals surface area contributed by atoms with Crippen molar-refractivity contribution in [3.8, 4) is 0 Å². The number of hydrogen-bond acceptors (Lipinski definition) is 6. The van der Waals surface area contributed by atoms with Crippen molar-refractivity contribution in [2.75, 3.05) is 0 Å². The summed E-state index contributed by atoms with van der Waals surface area (Å²) in [6.07, 6.45) is 10.4. The predicted molar refractivity (Wildman–Crippen MR) is 117 cm³/mol. The van der Waals surface area contributed by atoms with Crippen molar-refractivity contribution >= 4 is 18.9 Å². The Labute approximate surface area is 182 Å². The Balaban J connectivity index is 1.71. The number of hydrogen-bond donors (Lipinski definition) is 4. The lowest BCUT2D eigenvalue weighted by atomic mass is 9.71. The van der Waals surface area contributed by atoms with Crippen LogP contribution in [0.1, 0.15) is 54.6 Å². The SMILES string of the molecule is O=C(N[C@H](Cc1ccccc1)C(=O)N[C@@H](CC1CCCCC1)B(O)O)c1cnccn1. The van der Waals surface area contributed by atoms with Crippen LogP contribution in [0.5, 0.6) is 0 Å². The summed E-state index contributed by atoms with van der Waals surface area (Å²) < 4.78 is 0. The van der Waals surface area contributed by atoms with Gasteiger partial charge in [0.25, 0.3) is 5.91 Å². The lowest BCUT2D eigenvalue weighted by Gasteiger charge is -2.28. The van der Waals surface area contributed by atoms with Crippen molar-refractivity contribution in [3.63, 3.8) is 0 Å². The molecule has 2 aromatic rings. The summed E-state index contributed by atoms with van der Waals surface area (Å²) in [6, 6.07) is 8.43. The number of nitrogens with one attached hydrogen (secondary N) is 2. The van der Waals surface area contributed by atoms with Gasteiger partial charge in [-0.2, -0.15) is 0 Å². The second kappa shape index (κ2) is 11.6. The van der Waals surface area contributed by atoms with Crippen molar-refractivity contribution < 1.29 is 19.6 Å². The molecule has 0 spiro atoms. The largest absolute Gasteiger partial charge is 0.475 e. The topological polar surface area (TPSA) is 124 Å². The summed E-state index contributed by atoms with van der Waals surface area (Å²) in [4.78, 5) is 33.5. The molecule has 1 aliphatic carbocycles. The van der Waals surface area contributed by atoms with E-state index in [4.69, 9.17) is 0 Å². The number of benzene rings is 1. The summed E-state index contributed by atoms with van der Waals surface area (Å²) in [7, 11) is -1.67. The van der Waals surface area contributed by atoms with E-state index in [1.54, 1.807) is 0 Å². The van der Waals surface area contributed by atoms with Gasteiger partial charge in [0, 0.05) is 18.8 Å². The van der Waals surface area contributed by atoms with E-state index in [0.29, 0.717) is 12.3 Å². The molecule has 1 aromatic heterocycles. The van der Waals surface area contributed by atoms with Crippen LogP contribution in [-0.4, -0.2) is 50.9 Å². The minimum atomic E-state index is -1.67. The lowest BCUT2D eigenvalue weighted by molar-refractivity contribution is -0.123. The molecule has 0 radical (unpaired) electrons. The van der Waals surface area contributed by atoms with Crippen LogP contribution >= 0.6 is 0 Å². The Morgan fingerprint density at radius 3 is 2.45 bits per heavy atom. The number of nitrogens with zero attached hydrogens (tertiary/aromatic N) is 2. The highest BCUT2D eigenvalue weighted by atomic mass is 16.4. The van der Waals surface area contributed by atoms with E-state index >= 15 is 0 Å². The third-order valence-electron chi connectivity index (χ3n) is 5.70. The molecular formula is C22H29BN4O4. The maximum absolute atomic E-state index is 13.1. The molecule has 1 aliphatic rings. The van der Waals surface area contributed by atoms with E-state index in [1.807, 2.05) is 30.3 Å². The van der Waals surface area contributed by atoms with Crippen LogP contribution in [0.4, 0.5) is 0 Å². The predicted octanol–water partition coefficient (Wildman–Crippen LogP) is 1.28. The molecular weight excluding hydrogens is 395 g/mol. The highest BCUT2D eigenvalue weighted by Crippen LogP contribution is 2.27. The summed E-state index contributed by atoms with van der Waals surface area (Å²) in [5.41, 5.74) is 0.977. The number of carbonyl (C=O) groups excluding carboxylic acids is 2. The first-order chi connectivity index (χ1) is 15.0. The first-order valence-corrected chi connectivity index (χ1v) is 10.8. The van der Waals surface area contributed by atoms with Gasteiger partial charge in [-0.05, 0) is 17.9 Å².